The van der Waals surface area contributed by atoms with E-state index in [0.29, 0.717) is 25.1 Å². The number of benzene rings is 3. The summed E-state index contributed by atoms with van der Waals surface area (Å²) in [5.41, 5.74) is 3.84. The van der Waals surface area contributed by atoms with Crippen molar-refractivity contribution in [1.29, 1.82) is 0 Å². The molecule has 1 atom stereocenters. The molecule has 0 spiro atoms. The highest BCUT2D eigenvalue weighted by Crippen LogP contribution is 2.20. The Labute approximate surface area is 193 Å². The van der Waals surface area contributed by atoms with Gasteiger partial charge in [0.05, 0.1) is 17.9 Å². The van der Waals surface area contributed by atoms with Gasteiger partial charge in [0.15, 0.2) is 0 Å². The first-order valence-corrected chi connectivity index (χ1v) is 10.8. The lowest BCUT2D eigenvalue weighted by Gasteiger charge is -2.24. The van der Waals surface area contributed by atoms with Gasteiger partial charge >= 0.3 is 11.9 Å². The van der Waals surface area contributed by atoms with Crippen LogP contribution in [-0.2, 0) is 22.6 Å². The second-order valence-corrected chi connectivity index (χ2v) is 8.09. The van der Waals surface area contributed by atoms with E-state index in [1.54, 1.807) is 24.0 Å². The summed E-state index contributed by atoms with van der Waals surface area (Å²) in [4.78, 5) is 37.2. The van der Waals surface area contributed by atoms with Crippen LogP contribution in [0.1, 0.15) is 34.8 Å². The molecule has 0 heterocycles. The maximum absolute atomic E-state index is 13.1. The number of aromatic carboxylic acids is 1. The molecular weight excluding hydrogens is 418 g/mol. The van der Waals surface area contributed by atoms with E-state index in [2.05, 4.69) is 0 Å². The molecule has 0 aliphatic carbocycles. The van der Waals surface area contributed by atoms with Gasteiger partial charge in [0.2, 0.25) is 5.91 Å². The maximum atomic E-state index is 13.1. The molecule has 0 aliphatic heterocycles. The molecule has 1 unspecified atom stereocenters. The molecule has 170 valence electrons. The summed E-state index contributed by atoms with van der Waals surface area (Å²) in [6.07, 6.45) is 0.378. The van der Waals surface area contributed by atoms with Gasteiger partial charge in [-0.25, -0.2) is 4.79 Å². The summed E-state index contributed by atoms with van der Waals surface area (Å²) in [6.45, 7) is 2.26. The van der Waals surface area contributed by atoms with Crippen LogP contribution < -0.4 is 0 Å². The lowest BCUT2D eigenvalue weighted by molar-refractivity contribution is -0.142. The van der Waals surface area contributed by atoms with E-state index in [-0.39, 0.29) is 17.9 Å². The molecule has 3 aromatic rings. The number of carbonyl (C=O) groups is 3. The Bertz CT molecular complexity index is 1110. The molecule has 33 heavy (non-hydrogen) atoms. The number of rotatable bonds is 10. The minimum Gasteiger partial charge on any atom is -0.481 e. The van der Waals surface area contributed by atoms with Crippen LogP contribution in [0.4, 0.5) is 0 Å². The molecule has 3 rings (SSSR count). The van der Waals surface area contributed by atoms with Crippen molar-refractivity contribution < 1.29 is 24.6 Å². The SMILES string of the molecule is CC(CCN(Cc1ccc(-c2ccccc2)cc1)C(=O)Cc1cccc(C(=O)O)c1)C(=O)O. The molecule has 0 bridgehead atoms. The van der Waals surface area contributed by atoms with Crippen molar-refractivity contribution in [2.75, 3.05) is 6.54 Å². The van der Waals surface area contributed by atoms with E-state index in [4.69, 9.17) is 0 Å². The number of aliphatic carboxylic acids is 1. The second kappa shape index (κ2) is 11.1. The summed E-state index contributed by atoms with van der Waals surface area (Å²) in [6, 6.07) is 24.2. The average Bonchev–Trinajstić information content (AvgIpc) is 2.82. The standard InChI is InChI=1S/C27H27NO5/c1-19(26(30)31)14-15-28(25(29)17-21-6-5-9-24(16-21)27(32)33)18-20-10-12-23(13-11-20)22-7-3-2-4-8-22/h2-13,16,19H,14-15,17-18H2,1H3,(H,30,31)(H,32,33). The summed E-state index contributed by atoms with van der Waals surface area (Å²) >= 11 is 0. The van der Waals surface area contributed by atoms with Crippen LogP contribution in [0.15, 0.2) is 78.9 Å². The monoisotopic (exact) mass is 445 g/mol. The summed E-state index contributed by atoms with van der Waals surface area (Å²) in [5.74, 6) is -2.70. The molecule has 1 amide bonds. The van der Waals surface area contributed by atoms with Crippen molar-refractivity contribution in [3.8, 4) is 11.1 Å². The molecular formula is C27H27NO5. The predicted molar refractivity (Wildman–Crippen MR) is 126 cm³/mol. The summed E-state index contributed by atoms with van der Waals surface area (Å²) in [5, 5.41) is 18.4. The lowest BCUT2D eigenvalue weighted by atomic mass is 10.0. The molecule has 0 saturated carbocycles. The van der Waals surface area contributed by atoms with E-state index in [0.717, 1.165) is 16.7 Å². The van der Waals surface area contributed by atoms with Crippen molar-refractivity contribution >= 4 is 17.8 Å². The summed E-state index contributed by atoms with van der Waals surface area (Å²) in [7, 11) is 0. The summed E-state index contributed by atoms with van der Waals surface area (Å²) < 4.78 is 0. The van der Waals surface area contributed by atoms with Gasteiger partial charge in [0, 0.05) is 13.1 Å². The number of hydrogen-bond donors (Lipinski definition) is 2. The van der Waals surface area contributed by atoms with E-state index in [9.17, 15) is 24.6 Å². The normalized spacial score (nSPS) is 11.5. The van der Waals surface area contributed by atoms with Crippen LogP contribution in [0.5, 0.6) is 0 Å². The van der Waals surface area contributed by atoms with Crippen LogP contribution in [0.25, 0.3) is 11.1 Å². The quantitative estimate of drug-likeness (QED) is 0.470. The Morgan fingerprint density at radius 2 is 1.48 bits per heavy atom. The Morgan fingerprint density at radius 1 is 0.818 bits per heavy atom. The van der Waals surface area contributed by atoms with Gasteiger partial charge in [-0.3, -0.25) is 9.59 Å². The zero-order valence-corrected chi connectivity index (χ0v) is 18.5. The van der Waals surface area contributed by atoms with Gasteiger partial charge in [-0.2, -0.15) is 0 Å². The average molecular weight is 446 g/mol. The lowest BCUT2D eigenvalue weighted by Crippen LogP contribution is -2.34. The molecule has 0 saturated heterocycles. The van der Waals surface area contributed by atoms with Gasteiger partial charge in [-0.05, 0) is 40.8 Å². The van der Waals surface area contributed by atoms with Gasteiger partial charge in [-0.15, -0.1) is 0 Å². The smallest absolute Gasteiger partial charge is 0.335 e. The van der Waals surface area contributed by atoms with Crippen LogP contribution in [-0.4, -0.2) is 39.5 Å². The fourth-order valence-corrected chi connectivity index (χ4v) is 3.52. The number of carboxylic acid groups (broad SMARTS) is 2. The predicted octanol–water partition coefficient (Wildman–Crippen LogP) is 4.73. The van der Waals surface area contributed by atoms with Gasteiger partial charge in [0.25, 0.3) is 0 Å². The molecule has 0 radical (unpaired) electrons. The number of amides is 1. The molecule has 3 aromatic carbocycles. The van der Waals surface area contributed by atoms with Crippen LogP contribution in [0, 0.1) is 5.92 Å². The fraction of sp³-hybridized carbons (Fsp3) is 0.222. The third-order valence-electron chi connectivity index (χ3n) is 5.57. The zero-order valence-electron chi connectivity index (χ0n) is 18.5. The highest BCUT2D eigenvalue weighted by molar-refractivity contribution is 5.88. The minimum atomic E-state index is -1.05. The molecule has 2 N–H and O–H groups in total. The topological polar surface area (TPSA) is 94.9 Å². The van der Waals surface area contributed by atoms with Crippen molar-refractivity contribution in [3.63, 3.8) is 0 Å². The zero-order chi connectivity index (χ0) is 23.8. The first-order chi connectivity index (χ1) is 15.8. The number of carbonyl (C=O) groups excluding carboxylic acids is 1. The first kappa shape index (κ1) is 23.7. The molecule has 0 fully saturated rings. The number of carboxylic acids is 2. The molecule has 6 heteroatoms. The number of nitrogens with zero attached hydrogens (tertiary/aromatic N) is 1. The largest absolute Gasteiger partial charge is 0.481 e. The Morgan fingerprint density at radius 3 is 2.12 bits per heavy atom. The van der Waals surface area contributed by atoms with Crippen molar-refractivity contribution in [2.24, 2.45) is 5.92 Å². The van der Waals surface area contributed by atoms with E-state index in [1.165, 1.54) is 12.1 Å². The van der Waals surface area contributed by atoms with Crippen molar-refractivity contribution in [3.05, 3.63) is 95.6 Å². The van der Waals surface area contributed by atoms with Crippen LogP contribution in [0.3, 0.4) is 0 Å². The number of hydrogen-bond acceptors (Lipinski definition) is 3. The maximum Gasteiger partial charge on any atom is 0.335 e. The third-order valence-corrected chi connectivity index (χ3v) is 5.57. The molecule has 6 nitrogen and oxygen atoms in total. The van der Waals surface area contributed by atoms with Crippen LogP contribution >= 0.6 is 0 Å². The second-order valence-electron chi connectivity index (χ2n) is 8.09. The molecule has 0 aromatic heterocycles. The van der Waals surface area contributed by atoms with Gasteiger partial charge in [-0.1, -0.05) is 73.7 Å². The fourth-order valence-electron chi connectivity index (χ4n) is 3.52. The van der Waals surface area contributed by atoms with E-state index >= 15 is 0 Å². The van der Waals surface area contributed by atoms with Crippen LogP contribution in [0.2, 0.25) is 0 Å². The first-order valence-electron chi connectivity index (χ1n) is 10.8. The van der Waals surface area contributed by atoms with Gasteiger partial charge in [0.1, 0.15) is 0 Å². The van der Waals surface area contributed by atoms with Crippen molar-refractivity contribution in [2.45, 2.75) is 26.3 Å². The Kier molecular flexibility index (Phi) is 7.97. The van der Waals surface area contributed by atoms with E-state index < -0.39 is 17.9 Å². The minimum absolute atomic E-state index is 0.0463. The highest BCUT2D eigenvalue weighted by atomic mass is 16.4. The highest BCUT2D eigenvalue weighted by Gasteiger charge is 2.19. The van der Waals surface area contributed by atoms with E-state index in [1.807, 2.05) is 54.6 Å². The Balaban J connectivity index is 1.75. The molecule has 0 aliphatic rings. The third kappa shape index (κ3) is 6.77. The van der Waals surface area contributed by atoms with Gasteiger partial charge < -0.3 is 15.1 Å². The Hall–Kier alpha value is -3.93. The van der Waals surface area contributed by atoms with Crippen molar-refractivity contribution in [1.82, 2.24) is 4.90 Å².